The highest BCUT2D eigenvalue weighted by molar-refractivity contribution is 5.69. The number of hydrogen-bond acceptors (Lipinski definition) is 5. The van der Waals surface area contributed by atoms with E-state index < -0.39 is 5.82 Å². The van der Waals surface area contributed by atoms with E-state index in [0.717, 1.165) is 13.1 Å². The first-order chi connectivity index (χ1) is 10.6. The number of carbonyl (C=O) groups excluding carboxylic acids is 1. The molecular formula is C16H20FN3O2. The van der Waals surface area contributed by atoms with E-state index in [4.69, 9.17) is 10.00 Å². The summed E-state index contributed by atoms with van der Waals surface area (Å²) in [5, 5.41) is 9.12. The zero-order valence-electron chi connectivity index (χ0n) is 12.9. The quantitative estimate of drug-likeness (QED) is 0.794. The topological polar surface area (TPSA) is 56.6 Å². The fourth-order valence-electron chi connectivity index (χ4n) is 2.74. The van der Waals surface area contributed by atoms with E-state index in [-0.39, 0.29) is 17.6 Å². The maximum atomic E-state index is 13.7. The number of nitriles is 1. The van der Waals surface area contributed by atoms with Crippen LogP contribution in [-0.2, 0) is 9.53 Å². The molecule has 1 saturated heterocycles. The fourth-order valence-corrected chi connectivity index (χ4v) is 2.74. The van der Waals surface area contributed by atoms with Crippen molar-refractivity contribution in [2.75, 3.05) is 38.2 Å². The SMILES string of the molecule is COC(=O)C[C@@H](C)N1CCN(c2cccc(F)c2C#N)CC1. The third kappa shape index (κ3) is 3.55. The lowest BCUT2D eigenvalue weighted by atomic mass is 10.1. The number of halogens is 1. The molecule has 0 aromatic heterocycles. The number of carbonyl (C=O) groups is 1. The largest absolute Gasteiger partial charge is 0.469 e. The Balaban J connectivity index is 2.00. The van der Waals surface area contributed by atoms with Crippen LogP contribution in [0.2, 0.25) is 0 Å². The van der Waals surface area contributed by atoms with E-state index in [1.807, 2.05) is 17.9 Å². The summed E-state index contributed by atoms with van der Waals surface area (Å²) >= 11 is 0. The predicted molar refractivity (Wildman–Crippen MR) is 81.0 cm³/mol. The standard InChI is InChI=1S/C16H20FN3O2/c1-12(10-16(21)22-2)19-6-8-20(9-7-19)15-5-3-4-14(17)13(15)11-18/h3-5,12H,6-10H2,1-2H3/t12-/m1/s1. The van der Waals surface area contributed by atoms with Gasteiger partial charge in [0.25, 0.3) is 0 Å². The van der Waals surface area contributed by atoms with Crippen molar-refractivity contribution in [3.05, 3.63) is 29.6 Å². The normalized spacial score (nSPS) is 16.9. The molecule has 0 unspecified atom stereocenters. The van der Waals surface area contributed by atoms with Crippen LogP contribution < -0.4 is 4.90 Å². The summed E-state index contributed by atoms with van der Waals surface area (Å²) < 4.78 is 18.4. The smallest absolute Gasteiger partial charge is 0.307 e. The van der Waals surface area contributed by atoms with Crippen LogP contribution in [0.4, 0.5) is 10.1 Å². The predicted octanol–water partition coefficient (Wildman–Crippen LogP) is 1.77. The van der Waals surface area contributed by atoms with Gasteiger partial charge in [-0.05, 0) is 19.1 Å². The molecule has 0 saturated carbocycles. The lowest BCUT2D eigenvalue weighted by Gasteiger charge is -2.39. The summed E-state index contributed by atoms with van der Waals surface area (Å²) in [5.74, 6) is -0.701. The second-order valence-corrected chi connectivity index (χ2v) is 5.40. The van der Waals surface area contributed by atoms with Gasteiger partial charge in [0.2, 0.25) is 0 Å². The Kier molecular flexibility index (Phi) is 5.34. The Bertz CT molecular complexity index is 577. The summed E-state index contributed by atoms with van der Waals surface area (Å²) in [5.41, 5.74) is 0.737. The molecule has 1 aliphatic heterocycles. The molecule has 1 fully saturated rings. The maximum Gasteiger partial charge on any atom is 0.307 e. The summed E-state index contributed by atoms with van der Waals surface area (Å²) in [6.07, 6.45) is 0.361. The van der Waals surface area contributed by atoms with E-state index >= 15 is 0 Å². The van der Waals surface area contributed by atoms with Gasteiger partial charge in [-0.1, -0.05) is 6.07 Å². The highest BCUT2D eigenvalue weighted by Crippen LogP contribution is 2.24. The van der Waals surface area contributed by atoms with Crippen LogP contribution in [-0.4, -0.2) is 50.2 Å². The minimum absolute atomic E-state index is 0.0959. The van der Waals surface area contributed by atoms with Gasteiger partial charge in [-0.15, -0.1) is 0 Å². The zero-order valence-corrected chi connectivity index (χ0v) is 12.9. The van der Waals surface area contributed by atoms with Crippen LogP contribution in [0.15, 0.2) is 18.2 Å². The molecular weight excluding hydrogens is 285 g/mol. The van der Waals surface area contributed by atoms with E-state index in [9.17, 15) is 9.18 Å². The molecule has 6 heteroatoms. The molecule has 5 nitrogen and oxygen atoms in total. The first-order valence-electron chi connectivity index (χ1n) is 7.31. The number of piperazine rings is 1. The minimum atomic E-state index is -0.485. The van der Waals surface area contributed by atoms with E-state index in [1.54, 1.807) is 12.1 Å². The van der Waals surface area contributed by atoms with Crippen LogP contribution in [0.1, 0.15) is 18.9 Å². The van der Waals surface area contributed by atoms with Crippen molar-refractivity contribution >= 4 is 11.7 Å². The van der Waals surface area contributed by atoms with Crippen LogP contribution in [0.5, 0.6) is 0 Å². The molecule has 22 heavy (non-hydrogen) atoms. The third-order valence-electron chi connectivity index (χ3n) is 4.07. The Morgan fingerprint density at radius 3 is 2.68 bits per heavy atom. The van der Waals surface area contributed by atoms with Crippen molar-refractivity contribution in [3.63, 3.8) is 0 Å². The first-order valence-corrected chi connectivity index (χ1v) is 7.31. The lowest BCUT2D eigenvalue weighted by Crippen LogP contribution is -2.50. The third-order valence-corrected chi connectivity index (χ3v) is 4.07. The number of rotatable bonds is 4. The molecule has 2 rings (SSSR count). The number of nitrogens with zero attached hydrogens (tertiary/aromatic N) is 3. The Hall–Kier alpha value is -2.13. The van der Waals surface area contributed by atoms with Crippen molar-refractivity contribution in [1.29, 1.82) is 5.26 Å². The molecule has 0 N–H and O–H groups in total. The van der Waals surface area contributed by atoms with Gasteiger partial charge in [-0.2, -0.15) is 5.26 Å². The van der Waals surface area contributed by atoms with Crippen molar-refractivity contribution in [2.24, 2.45) is 0 Å². The average Bonchev–Trinajstić information content (AvgIpc) is 2.54. The lowest BCUT2D eigenvalue weighted by molar-refractivity contribution is -0.141. The number of hydrogen-bond donors (Lipinski definition) is 0. The van der Waals surface area contributed by atoms with Gasteiger partial charge >= 0.3 is 5.97 Å². The van der Waals surface area contributed by atoms with Gasteiger partial charge in [0.1, 0.15) is 17.4 Å². The van der Waals surface area contributed by atoms with Gasteiger partial charge in [0.05, 0.1) is 19.2 Å². The number of benzene rings is 1. The van der Waals surface area contributed by atoms with Gasteiger partial charge in [-0.25, -0.2) is 4.39 Å². The molecule has 1 aromatic carbocycles. The van der Waals surface area contributed by atoms with Crippen LogP contribution in [0.3, 0.4) is 0 Å². The molecule has 0 amide bonds. The second-order valence-electron chi connectivity index (χ2n) is 5.40. The Morgan fingerprint density at radius 1 is 1.41 bits per heavy atom. The molecule has 1 aromatic rings. The van der Waals surface area contributed by atoms with Gasteiger partial charge in [-0.3, -0.25) is 9.69 Å². The minimum Gasteiger partial charge on any atom is -0.469 e. The molecule has 0 spiro atoms. The van der Waals surface area contributed by atoms with Gasteiger partial charge in [0.15, 0.2) is 0 Å². The van der Waals surface area contributed by atoms with E-state index in [2.05, 4.69) is 4.90 Å². The molecule has 0 radical (unpaired) electrons. The van der Waals surface area contributed by atoms with Crippen molar-refractivity contribution < 1.29 is 13.9 Å². The Morgan fingerprint density at radius 2 is 2.09 bits per heavy atom. The number of ether oxygens (including phenoxy) is 1. The molecule has 1 atom stereocenters. The number of anilines is 1. The highest BCUT2D eigenvalue weighted by Gasteiger charge is 2.24. The van der Waals surface area contributed by atoms with Crippen LogP contribution in [0.25, 0.3) is 0 Å². The van der Waals surface area contributed by atoms with E-state index in [1.165, 1.54) is 13.2 Å². The zero-order chi connectivity index (χ0) is 16.1. The molecule has 118 valence electrons. The first kappa shape index (κ1) is 16.2. The van der Waals surface area contributed by atoms with Crippen molar-refractivity contribution in [2.45, 2.75) is 19.4 Å². The summed E-state index contributed by atoms with van der Waals surface area (Å²) in [4.78, 5) is 15.6. The monoisotopic (exact) mass is 305 g/mol. The van der Waals surface area contributed by atoms with Gasteiger partial charge in [0, 0.05) is 32.2 Å². The maximum absolute atomic E-state index is 13.7. The summed E-state index contributed by atoms with van der Waals surface area (Å²) in [6.45, 7) is 4.92. The summed E-state index contributed by atoms with van der Waals surface area (Å²) in [6, 6.07) is 6.74. The van der Waals surface area contributed by atoms with Gasteiger partial charge < -0.3 is 9.64 Å². The van der Waals surface area contributed by atoms with Crippen LogP contribution >= 0.6 is 0 Å². The van der Waals surface area contributed by atoms with Crippen LogP contribution in [0, 0.1) is 17.1 Å². The fraction of sp³-hybridized carbons (Fsp3) is 0.500. The van der Waals surface area contributed by atoms with Crippen molar-refractivity contribution in [3.8, 4) is 6.07 Å². The van der Waals surface area contributed by atoms with Crippen molar-refractivity contribution in [1.82, 2.24) is 4.90 Å². The Labute approximate surface area is 129 Å². The second kappa shape index (κ2) is 7.23. The molecule has 1 heterocycles. The molecule has 0 aliphatic carbocycles. The average molecular weight is 305 g/mol. The molecule has 0 bridgehead atoms. The summed E-state index contributed by atoms with van der Waals surface area (Å²) in [7, 11) is 1.39. The molecule has 1 aliphatic rings. The highest BCUT2D eigenvalue weighted by atomic mass is 19.1. The van der Waals surface area contributed by atoms with E-state index in [0.29, 0.717) is 25.2 Å². The number of methoxy groups -OCH3 is 1. The number of esters is 1.